The van der Waals surface area contributed by atoms with E-state index in [-0.39, 0.29) is 5.82 Å². The highest BCUT2D eigenvalue weighted by atomic mass is 19.1. The zero-order chi connectivity index (χ0) is 22.8. The number of halogens is 1. The van der Waals surface area contributed by atoms with Crippen molar-refractivity contribution in [2.45, 2.75) is 25.9 Å². The summed E-state index contributed by atoms with van der Waals surface area (Å²) >= 11 is 0. The molecule has 0 spiro atoms. The van der Waals surface area contributed by atoms with Crippen molar-refractivity contribution < 1.29 is 9.13 Å². The molecule has 1 unspecified atom stereocenters. The summed E-state index contributed by atoms with van der Waals surface area (Å²) < 4.78 is 21.9. The second-order valence-corrected chi connectivity index (χ2v) is 8.20. The Morgan fingerprint density at radius 3 is 2.76 bits per heavy atom. The summed E-state index contributed by atoms with van der Waals surface area (Å²) in [6.45, 7) is 4.14. The van der Waals surface area contributed by atoms with Crippen LogP contribution in [0.3, 0.4) is 0 Å². The van der Waals surface area contributed by atoms with Crippen LogP contribution in [0.5, 0.6) is 5.75 Å². The van der Waals surface area contributed by atoms with Crippen molar-refractivity contribution in [1.29, 1.82) is 0 Å². The van der Waals surface area contributed by atoms with Crippen molar-refractivity contribution in [1.82, 2.24) is 25.4 Å². The highest BCUT2D eigenvalue weighted by molar-refractivity contribution is 5.88. The molecule has 1 saturated heterocycles. The van der Waals surface area contributed by atoms with Gasteiger partial charge in [-0.25, -0.2) is 14.4 Å². The van der Waals surface area contributed by atoms with Crippen molar-refractivity contribution in [3.8, 4) is 17.0 Å². The normalized spacial score (nSPS) is 15.8. The molecule has 1 aliphatic rings. The van der Waals surface area contributed by atoms with Crippen LogP contribution in [0.4, 0.5) is 10.2 Å². The first-order valence-electron chi connectivity index (χ1n) is 11.1. The van der Waals surface area contributed by atoms with E-state index < -0.39 is 0 Å². The molecule has 1 fully saturated rings. The van der Waals surface area contributed by atoms with E-state index in [4.69, 9.17) is 4.74 Å². The largest absolute Gasteiger partial charge is 0.496 e. The lowest BCUT2D eigenvalue weighted by Gasteiger charge is -2.12. The van der Waals surface area contributed by atoms with E-state index in [0.29, 0.717) is 30.4 Å². The number of hydrogen-bond acceptors (Lipinski definition) is 6. The standard InChI is InChI=1S/C25H27FN6O/c1-16-13-19-23(33-2)8-7-20(26)25(19)32(16)12-11-27-24-14-22(28-15-29-24)18-5-3-17(4-6-18)21-9-10-30-31-21/h3-8,13-15,21,30-31H,9-12H2,1-2H3,(H,27,28,29). The van der Waals surface area contributed by atoms with Crippen LogP contribution in [0.1, 0.15) is 23.7 Å². The summed E-state index contributed by atoms with van der Waals surface area (Å²) in [5.74, 6) is 1.15. The zero-order valence-electron chi connectivity index (χ0n) is 18.7. The fourth-order valence-corrected chi connectivity index (χ4v) is 4.43. The Labute approximate surface area is 192 Å². The Kier molecular flexibility index (Phi) is 5.93. The molecule has 33 heavy (non-hydrogen) atoms. The first kappa shape index (κ1) is 21.4. The topological polar surface area (TPSA) is 76.0 Å². The van der Waals surface area contributed by atoms with Crippen molar-refractivity contribution in [3.63, 3.8) is 0 Å². The van der Waals surface area contributed by atoms with Gasteiger partial charge < -0.3 is 14.6 Å². The number of hydrogen-bond donors (Lipinski definition) is 3. The maximum Gasteiger partial charge on any atom is 0.147 e. The van der Waals surface area contributed by atoms with Gasteiger partial charge in [0.05, 0.1) is 18.3 Å². The number of anilines is 1. The monoisotopic (exact) mass is 446 g/mol. The van der Waals surface area contributed by atoms with Gasteiger partial charge in [0.2, 0.25) is 0 Å². The van der Waals surface area contributed by atoms with E-state index in [0.717, 1.165) is 41.1 Å². The molecule has 7 nitrogen and oxygen atoms in total. The lowest BCUT2D eigenvalue weighted by Crippen LogP contribution is -2.24. The molecule has 3 heterocycles. The smallest absolute Gasteiger partial charge is 0.147 e. The second-order valence-electron chi connectivity index (χ2n) is 8.20. The Bertz CT molecular complexity index is 1260. The number of methoxy groups -OCH3 is 1. The Hall–Kier alpha value is -3.49. The van der Waals surface area contributed by atoms with Crippen LogP contribution in [0.15, 0.2) is 54.9 Å². The average Bonchev–Trinajstić information content (AvgIpc) is 3.49. The van der Waals surface area contributed by atoms with Gasteiger partial charge in [-0.05, 0) is 37.1 Å². The van der Waals surface area contributed by atoms with Crippen LogP contribution >= 0.6 is 0 Å². The first-order chi connectivity index (χ1) is 16.1. The summed E-state index contributed by atoms with van der Waals surface area (Å²) in [4.78, 5) is 8.78. The summed E-state index contributed by atoms with van der Waals surface area (Å²) in [6, 6.07) is 15.8. The highest BCUT2D eigenvalue weighted by Crippen LogP contribution is 2.31. The molecule has 5 rings (SSSR count). The van der Waals surface area contributed by atoms with E-state index in [2.05, 4.69) is 50.4 Å². The van der Waals surface area contributed by atoms with Crippen molar-refractivity contribution in [2.75, 3.05) is 25.5 Å². The van der Waals surface area contributed by atoms with Crippen molar-refractivity contribution in [2.24, 2.45) is 0 Å². The third-order valence-corrected chi connectivity index (χ3v) is 6.15. The minimum Gasteiger partial charge on any atom is -0.496 e. The predicted molar refractivity (Wildman–Crippen MR) is 128 cm³/mol. The van der Waals surface area contributed by atoms with Gasteiger partial charge in [0.1, 0.15) is 23.7 Å². The molecule has 8 heteroatoms. The molecule has 0 bridgehead atoms. The Balaban J connectivity index is 1.29. The lowest BCUT2D eigenvalue weighted by atomic mass is 10.0. The van der Waals surface area contributed by atoms with Gasteiger partial charge in [-0.1, -0.05) is 24.3 Å². The van der Waals surface area contributed by atoms with E-state index in [1.54, 1.807) is 19.5 Å². The fourth-order valence-electron chi connectivity index (χ4n) is 4.43. The minimum absolute atomic E-state index is 0.254. The third kappa shape index (κ3) is 4.27. The number of aromatic nitrogens is 3. The molecule has 0 saturated carbocycles. The molecule has 0 amide bonds. The van der Waals surface area contributed by atoms with Crippen molar-refractivity contribution in [3.05, 3.63) is 71.9 Å². The molecule has 1 aliphatic heterocycles. The summed E-state index contributed by atoms with van der Waals surface area (Å²) in [7, 11) is 1.60. The zero-order valence-corrected chi connectivity index (χ0v) is 18.7. The predicted octanol–water partition coefficient (Wildman–Crippen LogP) is 4.21. The number of fused-ring (bicyclic) bond motifs is 1. The number of nitrogens with zero attached hydrogens (tertiary/aromatic N) is 3. The summed E-state index contributed by atoms with van der Waals surface area (Å²) in [6.07, 6.45) is 2.64. The number of aryl methyl sites for hydroxylation is 1. The molecule has 170 valence electrons. The quantitative estimate of drug-likeness (QED) is 0.395. The number of nitrogens with one attached hydrogen (secondary N) is 3. The van der Waals surface area contributed by atoms with Gasteiger partial charge in [0.15, 0.2) is 0 Å². The molecule has 2 aromatic heterocycles. The minimum atomic E-state index is -0.254. The van der Waals surface area contributed by atoms with Crippen molar-refractivity contribution >= 4 is 16.7 Å². The van der Waals surface area contributed by atoms with E-state index in [1.807, 2.05) is 23.6 Å². The molecule has 0 radical (unpaired) electrons. The van der Waals surface area contributed by atoms with Gasteiger partial charge in [-0.2, -0.15) is 0 Å². The van der Waals surface area contributed by atoms with Crippen LogP contribution in [-0.2, 0) is 6.54 Å². The summed E-state index contributed by atoms with van der Waals surface area (Å²) in [5.41, 5.74) is 11.1. The van der Waals surface area contributed by atoms with Crippen LogP contribution in [0.2, 0.25) is 0 Å². The molecule has 4 aromatic rings. The van der Waals surface area contributed by atoms with E-state index in [1.165, 1.54) is 11.6 Å². The molecule has 1 atom stereocenters. The fraction of sp³-hybridized carbons (Fsp3) is 0.280. The maximum absolute atomic E-state index is 14.6. The van der Waals surface area contributed by atoms with Gasteiger partial charge in [0, 0.05) is 48.4 Å². The van der Waals surface area contributed by atoms with Crippen LogP contribution in [0.25, 0.3) is 22.2 Å². The first-order valence-corrected chi connectivity index (χ1v) is 11.1. The molecule has 2 aromatic carbocycles. The number of benzene rings is 2. The number of hydrazine groups is 1. The second kappa shape index (κ2) is 9.17. The van der Waals surface area contributed by atoms with E-state index >= 15 is 0 Å². The van der Waals surface area contributed by atoms with E-state index in [9.17, 15) is 4.39 Å². The van der Waals surface area contributed by atoms with Crippen LogP contribution in [0, 0.1) is 12.7 Å². The summed E-state index contributed by atoms with van der Waals surface area (Å²) in [5, 5.41) is 4.13. The molecular formula is C25H27FN6O. The maximum atomic E-state index is 14.6. The molecular weight excluding hydrogens is 419 g/mol. The van der Waals surface area contributed by atoms with Gasteiger partial charge in [0.25, 0.3) is 0 Å². The Morgan fingerprint density at radius 1 is 1.15 bits per heavy atom. The van der Waals surface area contributed by atoms with Crippen LogP contribution in [-0.4, -0.2) is 34.7 Å². The lowest BCUT2D eigenvalue weighted by molar-refractivity contribution is 0.419. The average molecular weight is 447 g/mol. The SMILES string of the molecule is COc1ccc(F)c2c1cc(C)n2CCNc1cc(-c2ccc(C3CCNN3)cc2)ncn1. The van der Waals surface area contributed by atoms with Gasteiger partial charge in [-0.3, -0.25) is 10.9 Å². The highest BCUT2D eigenvalue weighted by Gasteiger charge is 2.16. The Morgan fingerprint density at radius 2 is 2.00 bits per heavy atom. The number of ether oxygens (including phenoxy) is 1. The number of rotatable bonds is 7. The van der Waals surface area contributed by atoms with Gasteiger partial charge >= 0.3 is 0 Å². The van der Waals surface area contributed by atoms with Gasteiger partial charge in [-0.15, -0.1) is 0 Å². The third-order valence-electron chi connectivity index (χ3n) is 6.15. The molecule has 0 aliphatic carbocycles. The van der Waals surface area contributed by atoms with Crippen LogP contribution < -0.4 is 20.9 Å². The molecule has 3 N–H and O–H groups in total.